The van der Waals surface area contributed by atoms with Gasteiger partial charge < -0.3 is 15.2 Å². The summed E-state index contributed by atoms with van der Waals surface area (Å²) in [6.45, 7) is 5.64. The molecule has 1 atom stereocenters. The highest BCUT2D eigenvalue weighted by Crippen LogP contribution is 2.34. The molecule has 9 nitrogen and oxygen atoms in total. The number of hydrogen-bond donors (Lipinski definition) is 2. The van der Waals surface area contributed by atoms with Crippen LogP contribution in [0.2, 0.25) is 0 Å². The van der Waals surface area contributed by atoms with Gasteiger partial charge in [-0.05, 0) is 56.0 Å². The predicted octanol–water partition coefficient (Wildman–Crippen LogP) is 2.20. The summed E-state index contributed by atoms with van der Waals surface area (Å²) in [6, 6.07) is 12.1. The van der Waals surface area contributed by atoms with Gasteiger partial charge in [0.2, 0.25) is 20.0 Å². The van der Waals surface area contributed by atoms with Gasteiger partial charge in [0.25, 0.3) is 0 Å². The zero-order valence-corrected chi connectivity index (χ0v) is 22.5. The van der Waals surface area contributed by atoms with Crippen molar-refractivity contribution < 1.29 is 31.5 Å². The van der Waals surface area contributed by atoms with Gasteiger partial charge in [0.05, 0.1) is 25.7 Å². The summed E-state index contributed by atoms with van der Waals surface area (Å²) in [5.41, 5.74) is 1.69. The number of nitrogens with one attached hydrogen (secondary N) is 1. The van der Waals surface area contributed by atoms with Crippen LogP contribution in [-0.2, 0) is 37.7 Å². The molecule has 0 fully saturated rings. The third-order valence-corrected chi connectivity index (χ3v) is 8.47. The molecule has 0 heterocycles. The minimum absolute atomic E-state index is 0.0375. The number of hydrogen-bond acceptors (Lipinski definition) is 8. The molecular formula is C24H34N2O7S2. The van der Waals surface area contributed by atoms with Crippen molar-refractivity contribution in [2.75, 3.05) is 29.9 Å². The predicted molar refractivity (Wildman–Crippen MR) is 137 cm³/mol. The Morgan fingerprint density at radius 3 is 2.20 bits per heavy atom. The van der Waals surface area contributed by atoms with Gasteiger partial charge >= 0.3 is 0 Å². The molecule has 0 saturated heterocycles. The number of aliphatic hydroxyl groups excluding tert-OH is 1. The van der Waals surface area contributed by atoms with Crippen LogP contribution in [0.15, 0.2) is 42.5 Å². The Morgan fingerprint density at radius 1 is 1.06 bits per heavy atom. The van der Waals surface area contributed by atoms with Crippen LogP contribution >= 0.6 is 0 Å². The van der Waals surface area contributed by atoms with E-state index in [1.54, 1.807) is 13.0 Å². The number of β-amino-alcohol motifs (C(OH)–C–C–N with tert-alkyl or cyclic N) is 1. The van der Waals surface area contributed by atoms with Crippen LogP contribution in [0.4, 0.5) is 5.69 Å². The topological polar surface area (TPSA) is 130 Å². The van der Waals surface area contributed by atoms with Crippen LogP contribution in [0.1, 0.15) is 43.6 Å². The van der Waals surface area contributed by atoms with Crippen molar-refractivity contribution in [3.8, 4) is 5.75 Å². The number of ketones is 1. The van der Waals surface area contributed by atoms with E-state index >= 15 is 0 Å². The Bertz CT molecular complexity index is 1240. The average Bonchev–Trinajstić information content (AvgIpc) is 2.69. The molecule has 0 saturated carbocycles. The van der Waals surface area contributed by atoms with E-state index in [0.29, 0.717) is 22.1 Å². The van der Waals surface area contributed by atoms with Crippen LogP contribution in [0.5, 0.6) is 5.75 Å². The molecule has 1 unspecified atom stereocenters. The number of benzene rings is 2. The molecule has 0 bridgehead atoms. The highest BCUT2D eigenvalue weighted by Gasteiger charge is 2.31. The second kappa shape index (κ2) is 11.1. The number of sulfonamides is 2. The standard InChI is InChI=1S/C24H34N2O7S2/c1-17(27)12-18-8-7-9-19(13-18)15-24(2,3)25-16-22(28)20-10-11-23(33-4)21(14-20)26(34(5,29)30)35(6,31)32/h7-11,13-14,22,25,28H,12,15-16H2,1-6H3. The molecule has 0 aliphatic heterocycles. The molecule has 35 heavy (non-hydrogen) atoms. The van der Waals surface area contributed by atoms with E-state index in [1.807, 2.05) is 38.1 Å². The number of ether oxygens (including phenoxy) is 1. The van der Waals surface area contributed by atoms with Gasteiger partial charge in [-0.25, -0.2) is 16.8 Å². The SMILES string of the molecule is COc1ccc(C(O)CNC(C)(C)Cc2cccc(CC(C)=O)c2)cc1N(S(C)(=O)=O)S(C)(=O)=O. The van der Waals surface area contributed by atoms with Crippen molar-refractivity contribution in [3.63, 3.8) is 0 Å². The molecule has 2 aromatic rings. The summed E-state index contributed by atoms with van der Waals surface area (Å²) >= 11 is 0. The van der Waals surface area contributed by atoms with E-state index in [0.717, 1.165) is 23.6 Å². The molecule has 0 spiro atoms. The fourth-order valence-corrected chi connectivity index (χ4v) is 6.83. The van der Waals surface area contributed by atoms with Crippen molar-refractivity contribution >= 4 is 31.5 Å². The second-order valence-electron chi connectivity index (χ2n) is 9.31. The number of aliphatic hydroxyl groups is 1. The van der Waals surface area contributed by atoms with E-state index in [4.69, 9.17) is 4.74 Å². The van der Waals surface area contributed by atoms with Crippen molar-refractivity contribution in [2.24, 2.45) is 0 Å². The molecule has 2 rings (SSSR count). The maximum absolute atomic E-state index is 12.2. The van der Waals surface area contributed by atoms with Gasteiger partial charge in [-0.1, -0.05) is 30.3 Å². The number of carbonyl (C=O) groups is 1. The Morgan fingerprint density at radius 2 is 1.66 bits per heavy atom. The largest absolute Gasteiger partial charge is 0.495 e. The summed E-state index contributed by atoms with van der Waals surface area (Å²) in [5.74, 6) is 0.127. The molecule has 0 aromatic heterocycles. The van der Waals surface area contributed by atoms with E-state index in [1.165, 1.54) is 19.2 Å². The van der Waals surface area contributed by atoms with Crippen LogP contribution in [0.3, 0.4) is 0 Å². The van der Waals surface area contributed by atoms with E-state index in [-0.39, 0.29) is 23.8 Å². The summed E-state index contributed by atoms with van der Waals surface area (Å²) in [5, 5.41) is 14.1. The Balaban J connectivity index is 2.23. The van der Waals surface area contributed by atoms with Gasteiger partial charge in [-0.3, -0.25) is 4.79 Å². The summed E-state index contributed by atoms with van der Waals surface area (Å²) < 4.78 is 54.4. The highest BCUT2D eigenvalue weighted by molar-refractivity contribution is 8.09. The first-order chi connectivity index (χ1) is 16.0. The lowest BCUT2D eigenvalue weighted by Gasteiger charge is -2.29. The highest BCUT2D eigenvalue weighted by atomic mass is 32.3. The average molecular weight is 527 g/mol. The summed E-state index contributed by atoms with van der Waals surface area (Å²) in [7, 11) is -7.07. The van der Waals surface area contributed by atoms with Crippen LogP contribution in [0, 0.1) is 0 Å². The number of methoxy groups -OCH3 is 1. The monoisotopic (exact) mass is 526 g/mol. The minimum Gasteiger partial charge on any atom is -0.495 e. The van der Waals surface area contributed by atoms with Crippen molar-refractivity contribution in [1.29, 1.82) is 0 Å². The minimum atomic E-state index is -4.19. The summed E-state index contributed by atoms with van der Waals surface area (Å²) in [4.78, 5) is 11.4. The Kier molecular flexibility index (Phi) is 9.10. The van der Waals surface area contributed by atoms with Crippen LogP contribution < -0.4 is 13.8 Å². The molecule has 0 aliphatic carbocycles. The second-order valence-corrected chi connectivity index (χ2v) is 13.2. The molecule has 0 aliphatic rings. The van der Waals surface area contributed by atoms with Crippen molar-refractivity contribution in [2.45, 2.75) is 45.3 Å². The van der Waals surface area contributed by atoms with Crippen molar-refractivity contribution in [1.82, 2.24) is 5.32 Å². The number of Topliss-reactive ketones (excluding diaryl/α,β-unsaturated/α-hetero) is 1. The zero-order chi connectivity index (χ0) is 26.6. The zero-order valence-electron chi connectivity index (χ0n) is 20.9. The summed E-state index contributed by atoms with van der Waals surface area (Å²) in [6.07, 6.45) is 1.52. The Hall–Kier alpha value is -2.47. The van der Waals surface area contributed by atoms with Gasteiger partial charge in [-0.15, -0.1) is 0 Å². The molecule has 0 radical (unpaired) electrons. The lowest BCUT2D eigenvalue weighted by molar-refractivity contribution is -0.116. The third-order valence-electron chi connectivity index (χ3n) is 5.25. The van der Waals surface area contributed by atoms with E-state index in [2.05, 4.69) is 5.32 Å². The van der Waals surface area contributed by atoms with E-state index < -0.39 is 31.7 Å². The smallest absolute Gasteiger partial charge is 0.245 e. The number of carbonyl (C=O) groups excluding carboxylic acids is 1. The molecule has 194 valence electrons. The molecule has 11 heteroatoms. The maximum Gasteiger partial charge on any atom is 0.245 e. The Labute approximate surface area is 208 Å². The lowest BCUT2D eigenvalue weighted by atomic mass is 9.93. The molecule has 0 amide bonds. The molecular weight excluding hydrogens is 492 g/mol. The first kappa shape index (κ1) is 28.8. The molecule has 2 N–H and O–H groups in total. The van der Waals surface area contributed by atoms with Crippen LogP contribution in [-0.4, -0.2) is 59.4 Å². The number of rotatable bonds is 12. The number of nitrogens with zero attached hydrogens (tertiary/aromatic N) is 1. The fourth-order valence-electron chi connectivity index (χ4n) is 3.86. The quantitative estimate of drug-likeness (QED) is 0.431. The molecule has 2 aromatic carbocycles. The van der Waals surface area contributed by atoms with Gasteiger partial charge in [0.15, 0.2) is 0 Å². The fraction of sp³-hybridized carbons (Fsp3) is 0.458. The van der Waals surface area contributed by atoms with Crippen LogP contribution in [0.25, 0.3) is 0 Å². The van der Waals surface area contributed by atoms with Crippen molar-refractivity contribution in [3.05, 3.63) is 59.2 Å². The maximum atomic E-state index is 12.2. The normalized spacial score (nSPS) is 13.3. The number of anilines is 1. The first-order valence-corrected chi connectivity index (χ1v) is 14.6. The van der Waals surface area contributed by atoms with E-state index in [9.17, 15) is 26.7 Å². The lowest BCUT2D eigenvalue weighted by Crippen LogP contribution is -2.43. The van der Waals surface area contributed by atoms with Gasteiger partial charge in [0, 0.05) is 18.5 Å². The third kappa shape index (κ3) is 8.31. The van der Waals surface area contributed by atoms with Gasteiger partial charge in [0.1, 0.15) is 17.2 Å². The van der Waals surface area contributed by atoms with Gasteiger partial charge in [-0.2, -0.15) is 3.71 Å². The first-order valence-electron chi connectivity index (χ1n) is 10.9.